The Hall–Kier alpha value is -2.63. The lowest BCUT2D eigenvalue weighted by molar-refractivity contribution is -0.0495. The Labute approximate surface area is 201 Å². The number of benzene rings is 2. The topological polar surface area (TPSA) is 78.5 Å². The zero-order valence-corrected chi connectivity index (χ0v) is 19.9. The maximum absolute atomic E-state index is 13.7. The van der Waals surface area contributed by atoms with Gasteiger partial charge in [0.15, 0.2) is 0 Å². The molecule has 1 saturated carbocycles. The predicted molar refractivity (Wildman–Crippen MR) is 126 cm³/mol. The second-order valence-corrected chi connectivity index (χ2v) is 11.1. The molecule has 0 saturated heterocycles. The summed E-state index contributed by atoms with van der Waals surface area (Å²) in [5.74, 6) is 0. The quantitative estimate of drug-likeness (QED) is 0.528. The number of ether oxygens (including phenoxy) is 1. The van der Waals surface area contributed by atoms with Gasteiger partial charge in [-0.25, -0.2) is 13.4 Å². The zero-order chi connectivity index (χ0) is 24.6. The standard InChI is InChI=1S/C24H27F3N4O3S/c25-24(26,27)35(32,33)30-13-19(15-34-20-6-2-3-7-20)31(12-18-11-28-16-29-18)23-10-9-17-5-1-4-8-21(17)22(23)14-30/h1,4-5,8-11,16,19-20H,2-3,6-7,12-15H2,(H,28,29). The Kier molecular flexibility index (Phi) is 6.49. The molecule has 0 spiro atoms. The molecule has 2 heterocycles. The number of fused-ring (bicyclic) bond motifs is 3. The third-order valence-electron chi connectivity index (χ3n) is 6.87. The Bertz CT molecular complexity index is 1270. The van der Waals surface area contributed by atoms with E-state index in [0.717, 1.165) is 42.1 Å². The van der Waals surface area contributed by atoms with Crippen LogP contribution in [0.5, 0.6) is 0 Å². The van der Waals surface area contributed by atoms with Gasteiger partial charge >= 0.3 is 15.5 Å². The Balaban J connectivity index is 1.62. The molecule has 1 aromatic heterocycles. The molecule has 5 rings (SSSR count). The molecule has 0 radical (unpaired) electrons. The first-order valence-electron chi connectivity index (χ1n) is 11.7. The normalized spacial score (nSPS) is 20.3. The monoisotopic (exact) mass is 508 g/mol. The molecule has 1 atom stereocenters. The van der Waals surface area contributed by atoms with Crippen molar-refractivity contribution < 1.29 is 26.3 Å². The van der Waals surface area contributed by atoms with Crippen LogP contribution in [0.1, 0.15) is 36.9 Å². The number of imidazole rings is 1. The van der Waals surface area contributed by atoms with E-state index in [0.29, 0.717) is 22.1 Å². The minimum Gasteiger partial charge on any atom is -0.376 e. The molecule has 0 amide bonds. The largest absolute Gasteiger partial charge is 0.511 e. The van der Waals surface area contributed by atoms with Gasteiger partial charge < -0.3 is 14.6 Å². The van der Waals surface area contributed by atoms with Crippen molar-refractivity contribution in [3.63, 3.8) is 0 Å². The number of rotatable bonds is 6. The summed E-state index contributed by atoms with van der Waals surface area (Å²) in [6.07, 6.45) is 7.14. The Morgan fingerprint density at radius 1 is 1.11 bits per heavy atom. The van der Waals surface area contributed by atoms with Crippen molar-refractivity contribution in [3.05, 3.63) is 60.2 Å². The van der Waals surface area contributed by atoms with Crippen LogP contribution < -0.4 is 4.90 Å². The fourth-order valence-electron chi connectivity index (χ4n) is 5.07. The number of aromatic nitrogens is 2. The molecule has 2 aromatic carbocycles. The number of aromatic amines is 1. The summed E-state index contributed by atoms with van der Waals surface area (Å²) < 4.78 is 73.2. The third kappa shape index (κ3) is 4.76. The molecule has 3 aromatic rings. The van der Waals surface area contributed by atoms with E-state index in [-0.39, 0.29) is 25.8 Å². The van der Waals surface area contributed by atoms with Crippen molar-refractivity contribution in [2.24, 2.45) is 0 Å². The highest BCUT2D eigenvalue weighted by Crippen LogP contribution is 2.38. The molecule has 1 aliphatic heterocycles. The van der Waals surface area contributed by atoms with Gasteiger partial charge in [0.2, 0.25) is 0 Å². The van der Waals surface area contributed by atoms with E-state index in [1.165, 1.54) is 0 Å². The first kappa shape index (κ1) is 24.1. The van der Waals surface area contributed by atoms with Crippen molar-refractivity contribution in [3.8, 4) is 0 Å². The number of sulfonamides is 1. The van der Waals surface area contributed by atoms with Gasteiger partial charge in [0, 0.05) is 25.0 Å². The van der Waals surface area contributed by atoms with Gasteiger partial charge in [-0.3, -0.25) is 0 Å². The van der Waals surface area contributed by atoms with Crippen molar-refractivity contribution in [2.75, 3.05) is 18.1 Å². The molecule has 2 aliphatic rings. The molecule has 1 N–H and O–H groups in total. The summed E-state index contributed by atoms with van der Waals surface area (Å²) in [5.41, 5.74) is -3.40. The fourth-order valence-corrected chi connectivity index (χ4v) is 6.03. The number of nitrogens with one attached hydrogen (secondary N) is 1. The van der Waals surface area contributed by atoms with E-state index in [1.807, 2.05) is 35.2 Å². The van der Waals surface area contributed by atoms with Crippen LogP contribution in [0.15, 0.2) is 48.9 Å². The zero-order valence-electron chi connectivity index (χ0n) is 19.0. The van der Waals surface area contributed by atoms with Crippen LogP contribution in [-0.4, -0.2) is 53.5 Å². The van der Waals surface area contributed by atoms with E-state index in [2.05, 4.69) is 9.97 Å². The summed E-state index contributed by atoms with van der Waals surface area (Å²) >= 11 is 0. The molecular formula is C24H27F3N4O3S. The first-order valence-corrected chi connectivity index (χ1v) is 13.1. The van der Waals surface area contributed by atoms with Gasteiger partial charge in [-0.05, 0) is 35.2 Å². The summed E-state index contributed by atoms with van der Waals surface area (Å²) in [4.78, 5) is 9.07. The lowest BCUT2D eigenvalue weighted by atomic mass is 10.0. The maximum Gasteiger partial charge on any atom is 0.511 e. The number of halogens is 3. The molecule has 11 heteroatoms. The third-order valence-corrected chi connectivity index (χ3v) is 8.41. The highest BCUT2D eigenvalue weighted by atomic mass is 32.2. The van der Waals surface area contributed by atoms with E-state index >= 15 is 0 Å². The van der Waals surface area contributed by atoms with Crippen LogP contribution >= 0.6 is 0 Å². The molecule has 0 bridgehead atoms. The summed E-state index contributed by atoms with van der Waals surface area (Å²) in [6, 6.07) is 10.5. The first-order chi connectivity index (χ1) is 16.7. The van der Waals surface area contributed by atoms with Gasteiger partial charge in [0.1, 0.15) is 0 Å². The van der Waals surface area contributed by atoms with Gasteiger partial charge in [-0.1, -0.05) is 43.2 Å². The number of hydrogen-bond acceptors (Lipinski definition) is 5. The van der Waals surface area contributed by atoms with Gasteiger partial charge in [-0.2, -0.15) is 17.5 Å². The highest BCUT2D eigenvalue weighted by molar-refractivity contribution is 7.89. The number of nitrogens with zero attached hydrogens (tertiary/aromatic N) is 3. The van der Waals surface area contributed by atoms with Crippen LogP contribution in [0.4, 0.5) is 18.9 Å². The number of anilines is 1. The molecule has 1 aliphatic carbocycles. The molecule has 1 fully saturated rings. The highest BCUT2D eigenvalue weighted by Gasteiger charge is 2.51. The van der Waals surface area contributed by atoms with E-state index in [9.17, 15) is 21.6 Å². The van der Waals surface area contributed by atoms with Crippen LogP contribution in [0, 0.1) is 0 Å². The summed E-state index contributed by atoms with van der Waals surface area (Å²) in [6.45, 7) is -0.275. The molecule has 35 heavy (non-hydrogen) atoms. The van der Waals surface area contributed by atoms with E-state index < -0.39 is 21.6 Å². The number of H-pyrrole nitrogens is 1. The minimum absolute atomic E-state index is 0.0380. The van der Waals surface area contributed by atoms with Gasteiger partial charge in [-0.15, -0.1) is 0 Å². The van der Waals surface area contributed by atoms with Crippen LogP contribution in [0.3, 0.4) is 0 Å². The molecule has 1 unspecified atom stereocenters. The van der Waals surface area contributed by atoms with Crippen molar-refractivity contribution in [1.29, 1.82) is 0 Å². The average Bonchev–Trinajstić information content (AvgIpc) is 3.51. The lowest BCUT2D eigenvalue weighted by Crippen LogP contribution is -2.49. The van der Waals surface area contributed by atoms with Crippen LogP contribution in [-0.2, 0) is 27.8 Å². The molecule has 188 valence electrons. The van der Waals surface area contributed by atoms with Crippen LogP contribution in [0.25, 0.3) is 10.8 Å². The van der Waals surface area contributed by atoms with E-state index in [1.54, 1.807) is 18.6 Å². The van der Waals surface area contributed by atoms with Crippen molar-refractivity contribution in [2.45, 2.75) is 56.4 Å². The average molecular weight is 509 g/mol. The van der Waals surface area contributed by atoms with Crippen LogP contribution in [0.2, 0.25) is 0 Å². The summed E-state index contributed by atoms with van der Waals surface area (Å²) in [7, 11) is -5.56. The maximum atomic E-state index is 13.7. The fraction of sp³-hybridized carbons (Fsp3) is 0.458. The number of alkyl halides is 3. The predicted octanol–water partition coefficient (Wildman–Crippen LogP) is 4.56. The van der Waals surface area contributed by atoms with Gasteiger partial charge in [0.25, 0.3) is 0 Å². The molecule has 7 nitrogen and oxygen atoms in total. The van der Waals surface area contributed by atoms with Gasteiger partial charge in [0.05, 0.1) is 37.3 Å². The Morgan fingerprint density at radius 2 is 1.89 bits per heavy atom. The number of hydrogen-bond donors (Lipinski definition) is 1. The second-order valence-electron chi connectivity index (χ2n) is 9.13. The second kappa shape index (κ2) is 9.44. The van der Waals surface area contributed by atoms with Crippen molar-refractivity contribution >= 4 is 26.5 Å². The molecular weight excluding hydrogens is 481 g/mol. The SMILES string of the molecule is O=S(=O)(N1Cc2c(ccc3ccccc23)N(Cc2cnc[nH]2)C(COC2CCCC2)C1)C(F)(F)F. The Morgan fingerprint density at radius 3 is 2.60 bits per heavy atom. The minimum atomic E-state index is -5.56. The van der Waals surface area contributed by atoms with E-state index in [4.69, 9.17) is 4.74 Å². The smallest absolute Gasteiger partial charge is 0.376 e. The lowest BCUT2D eigenvalue weighted by Gasteiger charge is -2.34. The summed E-state index contributed by atoms with van der Waals surface area (Å²) in [5, 5.41) is 1.55. The van der Waals surface area contributed by atoms with Crippen molar-refractivity contribution in [1.82, 2.24) is 14.3 Å².